The van der Waals surface area contributed by atoms with Crippen molar-refractivity contribution in [1.82, 2.24) is 10.6 Å². The summed E-state index contributed by atoms with van der Waals surface area (Å²) in [6.07, 6.45) is -0.0731. The number of nitrogens with zero attached hydrogens (tertiary/aromatic N) is 1. The molecule has 2 aromatic rings. The molecule has 6 heteroatoms. The van der Waals surface area contributed by atoms with E-state index in [2.05, 4.69) is 34.0 Å². The van der Waals surface area contributed by atoms with Crippen molar-refractivity contribution in [2.45, 2.75) is 26.0 Å². The molecular formula is C17H22FN3OS. The molecule has 0 aliphatic rings. The topological polar surface area (TPSA) is 45.7 Å². The highest BCUT2D eigenvalue weighted by Gasteiger charge is 2.10. The SMILES string of the molecule is CN=C(NCC(C)Oc1ccc(F)cc1)NC(C)c1cccs1. The van der Waals surface area contributed by atoms with Gasteiger partial charge in [-0.05, 0) is 49.6 Å². The summed E-state index contributed by atoms with van der Waals surface area (Å²) in [6, 6.07) is 10.3. The van der Waals surface area contributed by atoms with E-state index in [-0.39, 0.29) is 18.0 Å². The van der Waals surface area contributed by atoms with Crippen LogP contribution in [0, 0.1) is 5.82 Å². The zero-order valence-corrected chi connectivity index (χ0v) is 14.4. The second kappa shape index (κ2) is 8.53. The van der Waals surface area contributed by atoms with Gasteiger partial charge in [-0.25, -0.2) is 4.39 Å². The first-order chi connectivity index (χ1) is 11.1. The van der Waals surface area contributed by atoms with Gasteiger partial charge in [0.2, 0.25) is 0 Å². The van der Waals surface area contributed by atoms with Gasteiger partial charge in [-0.1, -0.05) is 6.07 Å². The molecule has 124 valence electrons. The van der Waals surface area contributed by atoms with E-state index < -0.39 is 0 Å². The fourth-order valence-corrected chi connectivity index (χ4v) is 2.77. The van der Waals surface area contributed by atoms with E-state index in [0.717, 1.165) is 5.96 Å². The minimum Gasteiger partial charge on any atom is -0.489 e. The Morgan fingerprint density at radius 3 is 2.61 bits per heavy atom. The maximum atomic E-state index is 12.9. The maximum absolute atomic E-state index is 12.9. The third-order valence-corrected chi connectivity index (χ3v) is 4.31. The van der Waals surface area contributed by atoms with Crippen molar-refractivity contribution in [3.8, 4) is 5.75 Å². The third kappa shape index (κ3) is 5.56. The van der Waals surface area contributed by atoms with Crippen LogP contribution in [0.5, 0.6) is 5.75 Å². The van der Waals surface area contributed by atoms with Crippen LogP contribution >= 0.6 is 11.3 Å². The van der Waals surface area contributed by atoms with Crippen molar-refractivity contribution in [2.75, 3.05) is 13.6 Å². The number of hydrogen-bond donors (Lipinski definition) is 2. The predicted molar refractivity (Wildman–Crippen MR) is 93.7 cm³/mol. The number of hydrogen-bond acceptors (Lipinski definition) is 3. The molecule has 0 aliphatic heterocycles. The van der Waals surface area contributed by atoms with Crippen molar-refractivity contribution < 1.29 is 9.13 Å². The minimum atomic E-state index is -0.268. The molecule has 0 saturated carbocycles. The highest BCUT2D eigenvalue weighted by Crippen LogP contribution is 2.17. The normalized spacial score (nSPS) is 14.2. The van der Waals surface area contributed by atoms with Gasteiger partial charge in [0.05, 0.1) is 12.6 Å². The van der Waals surface area contributed by atoms with Gasteiger partial charge < -0.3 is 15.4 Å². The third-order valence-electron chi connectivity index (χ3n) is 3.25. The molecule has 0 spiro atoms. The zero-order valence-electron chi connectivity index (χ0n) is 13.5. The van der Waals surface area contributed by atoms with Crippen molar-refractivity contribution in [1.29, 1.82) is 0 Å². The van der Waals surface area contributed by atoms with E-state index >= 15 is 0 Å². The van der Waals surface area contributed by atoms with E-state index in [9.17, 15) is 4.39 Å². The first-order valence-corrected chi connectivity index (χ1v) is 8.39. The zero-order chi connectivity index (χ0) is 16.7. The molecule has 0 aliphatic carbocycles. The van der Waals surface area contributed by atoms with E-state index in [4.69, 9.17) is 4.74 Å². The molecule has 0 fully saturated rings. The quantitative estimate of drug-likeness (QED) is 0.626. The van der Waals surface area contributed by atoms with Crippen LogP contribution in [0.25, 0.3) is 0 Å². The lowest BCUT2D eigenvalue weighted by Crippen LogP contribution is -2.42. The summed E-state index contributed by atoms with van der Waals surface area (Å²) >= 11 is 1.71. The van der Waals surface area contributed by atoms with Gasteiger partial charge in [-0.3, -0.25) is 4.99 Å². The molecule has 2 atom stereocenters. The Morgan fingerprint density at radius 1 is 1.26 bits per heavy atom. The summed E-state index contributed by atoms with van der Waals surface area (Å²) in [7, 11) is 1.74. The number of halogens is 1. The molecule has 23 heavy (non-hydrogen) atoms. The fourth-order valence-electron chi connectivity index (χ4n) is 2.04. The average molecular weight is 335 g/mol. The van der Waals surface area contributed by atoms with E-state index in [1.165, 1.54) is 17.0 Å². The fraction of sp³-hybridized carbons (Fsp3) is 0.353. The maximum Gasteiger partial charge on any atom is 0.191 e. The monoisotopic (exact) mass is 335 g/mol. The van der Waals surface area contributed by atoms with Gasteiger partial charge in [0.15, 0.2) is 5.96 Å². The second-order valence-corrected chi connectivity index (χ2v) is 6.20. The molecule has 2 N–H and O–H groups in total. The van der Waals surface area contributed by atoms with Crippen LogP contribution < -0.4 is 15.4 Å². The van der Waals surface area contributed by atoms with Gasteiger partial charge >= 0.3 is 0 Å². The Morgan fingerprint density at radius 2 is 2.00 bits per heavy atom. The summed E-state index contributed by atoms with van der Waals surface area (Å²) in [5.41, 5.74) is 0. The first kappa shape index (κ1) is 17.3. The van der Waals surface area contributed by atoms with Crippen LogP contribution in [0.4, 0.5) is 4.39 Å². The van der Waals surface area contributed by atoms with Crippen LogP contribution in [-0.4, -0.2) is 25.7 Å². The van der Waals surface area contributed by atoms with Crippen LogP contribution in [0.15, 0.2) is 46.8 Å². The Bertz CT molecular complexity index is 613. The lowest BCUT2D eigenvalue weighted by molar-refractivity contribution is 0.223. The first-order valence-electron chi connectivity index (χ1n) is 7.51. The van der Waals surface area contributed by atoms with Gasteiger partial charge in [-0.15, -0.1) is 11.3 Å². The lowest BCUT2D eigenvalue weighted by atomic mass is 10.3. The predicted octanol–water partition coefficient (Wildman–Crippen LogP) is 3.58. The van der Waals surface area contributed by atoms with E-state index in [1.807, 2.05) is 13.0 Å². The molecule has 0 saturated heterocycles. The summed E-state index contributed by atoms with van der Waals surface area (Å²) < 4.78 is 18.6. The summed E-state index contributed by atoms with van der Waals surface area (Å²) in [6.45, 7) is 4.64. The standard InChI is InChI=1S/C17H22FN3OS/c1-12(22-15-8-6-14(18)7-9-15)11-20-17(19-3)21-13(2)16-5-4-10-23-16/h4-10,12-13H,11H2,1-3H3,(H2,19,20,21). The van der Waals surface area contributed by atoms with Gasteiger partial charge in [0, 0.05) is 11.9 Å². The molecule has 1 heterocycles. The van der Waals surface area contributed by atoms with Crippen LogP contribution in [0.2, 0.25) is 0 Å². The number of ether oxygens (including phenoxy) is 1. The van der Waals surface area contributed by atoms with Gasteiger partial charge in [0.25, 0.3) is 0 Å². The van der Waals surface area contributed by atoms with Crippen LogP contribution in [-0.2, 0) is 0 Å². The summed E-state index contributed by atoms with van der Waals surface area (Å²) in [5, 5.41) is 8.64. The molecule has 0 bridgehead atoms. The highest BCUT2D eigenvalue weighted by atomic mass is 32.1. The molecule has 0 radical (unpaired) electrons. The minimum absolute atomic E-state index is 0.0731. The van der Waals surface area contributed by atoms with E-state index in [1.54, 1.807) is 30.5 Å². The molecule has 1 aromatic heterocycles. The molecule has 0 amide bonds. The Kier molecular flexibility index (Phi) is 6.40. The van der Waals surface area contributed by atoms with Crippen LogP contribution in [0.3, 0.4) is 0 Å². The number of rotatable bonds is 6. The lowest BCUT2D eigenvalue weighted by Gasteiger charge is -2.20. The van der Waals surface area contributed by atoms with E-state index in [0.29, 0.717) is 12.3 Å². The molecule has 2 unspecified atom stereocenters. The number of benzene rings is 1. The van der Waals surface area contributed by atoms with Crippen molar-refractivity contribution >= 4 is 17.3 Å². The number of nitrogens with one attached hydrogen (secondary N) is 2. The van der Waals surface area contributed by atoms with Crippen molar-refractivity contribution in [2.24, 2.45) is 4.99 Å². The van der Waals surface area contributed by atoms with Crippen molar-refractivity contribution in [3.63, 3.8) is 0 Å². The number of guanidine groups is 1. The van der Waals surface area contributed by atoms with Gasteiger partial charge in [0.1, 0.15) is 17.7 Å². The summed E-state index contributed by atoms with van der Waals surface area (Å²) in [4.78, 5) is 5.48. The Labute approximate surface area is 140 Å². The molecule has 1 aromatic carbocycles. The number of aliphatic imine (C=N–C) groups is 1. The average Bonchev–Trinajstić information content (AvgIpc) is 3.08. The highest BCUT2D eigenvalue weighted by molar-refractivity contribution is 7.10. The molecular weight excluding hydrogens is 313 g/mol. The van der Waals surface area contributed by atoms with Crippen LogP contribution in [0.1, 0.15) is 24.8 Å². The smallest absolute Gasteiger partial charge is 0.191 e. The van der Waals surface area contributed by atoms with Crippen molar-refractivity contribution in [3.05, 3.63) is 52.5 Å². The Hall–Kier alpha value is -2.08. The second-order valence-electron chi connectivity index (χ2n) is 5.22. The number of thiophene rings is 1. The molecule has 2 rings (SSSR count). The van der Waals surface area contributed by atoms with Gasteiger partial charge in [-0.2, -0.15) is 0 Å². The molecule has 4 nitrogen and oxygen atoms in total. The Balaban J connectivity index is 1.79. The summed E-state index contributed by atoms with van der Waals surface area (Å²) in [5.74, 6) is 1.10. The largest absolute Gasteiger partial charge is 0.489 e.